The molecule has 1 aromatic heterocycles. The van der Waals surface area contributed by atoms with E-state index in [2.05, 4.69) is 22.5 Å². The summed E-state index contributed by atoms with van der Waals surface area (Å²) in [5, 5.41) is 6.08. The Balaban J connectivity index is 2.18. The van der Waals surface area contributed by atoms with Crippen LogP contribution in [0, 0.1) is 5.92 Å². The molecule has 1 aliphatic rings. The monoisotopic (exact) mass is 301 g/mol. The summed E-state index contributed by atoms with van der Waals surface area (Å²) in [6.45, 7) is 4.73. The first-order chi connectivity index (χ1) is 9.88. The summed E-state index contributed by atoms with van der Waals surface area (Å²) in [5.74, 6) is 1.20. The molecule has 0 radical (unpaired) electrons. The zero-order valence-corrected chi connectivity index (χ0v) is 12.4. The van der Waals surface area contributed by atoms with E-state index in [1.54, 1.807) is 0 Å². The van der Waals surface area contributed by atoms with Crippen molar-refractivity contribution >= 4 is 11.6 Å². The molecule has 0 bridgehead atoms. The Morgan fingerprint density at radius 3 is 2.52 bits per heavy atom. The third-order valence-corrected chi connectivity index (χ3v) is 3.76. The minimum atomic E-state index is -4.36. The van der Waals surface area contributed by atoms with Crippen LogP contribution >= 0.6 is 0 Å². The Bertz CT molecular complexity index is 474. The lowest BCUT2D eigenvalue weighted by molar-refractivity contribution is -0.137. The maximum atomic E-state index is 13.0. The van der Waals surface area contributed by atoms with Gasteiger partial charge < -0.3 is 10.6 Å². The lowest BCUT2D eigenvalue weighted by Crippen LogP contribution is -2.18. The molecular weight excluding hydrogens is 279 g/mol. The molecule has 0 aliphatic heterocycles. The quantitative estimate of drug-likeness (QED) is 0.839. The number of hydrogen-bond acceptors (Lipinski definition) is 3. The summed E-state index contributed by atoms with van der Waals surface area (Å²) in [6.07, 6.45) is -0.449. The fraction of sp³-hybridized carbons (Fsp3) is 0.667. The molecule has 2 N–H and O–H groups in total. The van der Waals surface area contributed by atoms with Gasteiger partial charge >= 0.3 is 6.18 Å². The number of hydrogen-bond donors (Lipinski definition) is 2. The van der Waals surface area contributed by atoms with Gasteiger partial charge in [-0.15, -0.1) is 0 Å². The first kappa shape index (κ1) is 15.9. The number of anilines is 2. The lowest BCUT2D eigenvalue weighted by Gasteiger charge is -2.17. The van der Waals surface area contributed by atoms with Gasteiger partial charge in [-0.3, -0.25) is 0 Å². The normalized spacial score (nSPS) is 22.3. The van der Waals surface area contributed by atoms with Crippen molar-refractivity contribution in [2.24, 2.45) is 5.92 Å². The van der Waals surface area contributed by atoms with E-state index in [9.17, 15) is 13.2 Å². The van der Waals surface area contributed by atoms with Crippen LogP contribution in [-0.2, 0) is 6.18 Å². The Labute approximate surface area is 123 Å². The van der Waals surface area contributed by atoms with Crippen LogP contribution in [0.25, 0.3) is 0 Å². The molecule has 0 spiro atoms. The molecule has 21 heavy (non-hydrogen) atoms. The maximum Gasteiger partial charge on any atom is 0.416 e. The van der Waals surface area contributed by atoms with Crippen molar-refractivity contribution in [1.82, 2.24) is 4.98 Å². The molecular formula is C15H22F3N3. The Hall–Kier alpha value is -1.46. The Kier molecular flexibility index (Phi) is 4.96. The van der Waals surface area contributed by atoms with Crippen LogP contribution in [0.1, 0.15) is 45.1 Å². The van der Waals surface area contributed by atoms with Gasteiger partial charge in [0, 0.05) is 12.6 Å². The number of alkyl halides is 3. The second-order valence-corrected chi connectivity index (χ2v) is 5.81. The third kappa shape index (κ3) is 4.51. The highest BCUT2D eigenvalue weighted by molar-refractivity contribution is 5.50. The molecule has 0 amide bonds. The predicted octanol–water partition coefficient (Wildman–Crippen LogP) is 4.52. The van der Waals surface area contributed by atoms with Crippen molar-refractivity contribution in [3.05, 3.63) is 17.7 Å². The molecule has 1 aliphatic carbocycles. The Morgan fingerprint density at radius 2 is 1.95 bits per heavy atom. The second-order valence-electron chi connectivity index (χ2n) is 5.81. The van der Waals surface area contributed by atoms with Crippen molar-refractivity contribution in [1.29, 1.82) is 0 Å². The van der Waals surface area contributed by atoms with Gasteiger partial charge in [-0.05, 0) is 43.7 Å². The predicted molar refractivity (Wildman–Crippen MR) is 78.4 cm³/mol. The van der Waals surface area contributed by atoms with Crippen LogP contribution in [0.15, 0.2) is 12.1 Å². The van der Waals surface area contributed by atoms with Crippen LogP contribution in [-0.4, -0.2) is 17.6 Å². The van der Waals surface area contributed by atoms with E-state index in [0.29, 0.717) is 18.3 Å². The van der Waals surface area contributed by atoms with Crippen LogP contribution in [0.5, 0.6) is 0 Å². The summed E-state index contributed by atoms with van der Waals surface area (Å²) in [6, 6.07) is 2.38. The maximum absolute atomic E-state index is 13.0. The first-order valence-electron chi connectivity index (χ1n) is 7.48. The van der Waals surface area contributed by atoms with E-state index in [4.69, 9.17) is 0 Å². The van der Waals surface area contributed by atoms with Crippen LogP contribution in [0.3, 0.4) is 0 Å². The molecule has 1 heterocycles. The van der Waals surface area contributed by atoms with Gasteiger partial charge in [-0.1, -0.05) is 13.8 Å². The molecule has 2 rings (SSSR count). The van der Waals surface area contributed by atoms with Gasteiger partial charge in [0.15, 0.2) is 0 Å². The van der Waals surface area contributed by atoms with Crippen molar-refractivity contribution < 1.29 is 13.2 Å². The number of pyridine rings is 1. The molecule has 1 fully saturated rings. The minimum Gasteiger partial charge on any atom is -0.370 e. The van der Waals surface area contributed by atoms with Gasteiger partial charge in [-0.2, -0.15) is 13.2 Å². The van der Waals surface area contributed by atoms with Crippen LogP contribution < -0.4 is 10.6 Å². The van der Waals surface area contributed by atoms with Crippen molar-refractivity contribution in [3.63, 3.8) is 0 Å². The number of rotatable bonds is 5. The van der Waals surface area contributed by atoms with E-state index in [1.165, 1.54) is 0 Å². The minimum absolute atomic E-state index is 0.218. The fourth-order valence-electron chi connectivity index (χ4n) is 2.66. The van der Waals surface area contributed by atoms with Gasteiger partial charge in [0.2, 0.25) is 0 Å². The SMILES string of the molecule is CCCNc1cc(C(F)(F)F)cc(NC2CCC(C)C2)n1. The zero-order chi connectivity index (χ0) is 15.5. The average Bonchev–Trinajstić information content (AvgIpc) is 2.80. The van der Waals surface area contributed by atoms with E-state index in [-0.39, 0.29) is 11.9 Å². The molecule has 2 atom stereocenters. The van der Waals surface area contributed by atoms with E-state index in [0.717, 1.165) is 37.8 Å². The molecule has 1 aromatic rings. The van der Waals surface area contributed by atoms with Crippen molar-refractivity contribution in [2.75, 3.05) is 17.2 Å². The fourth-order valence-corrected chi connectivity index (χ4v) is 2.66. The lowest BCUT2D eigenvalue weighted by atomic mass is 10.1. The molecule has 118 valence electrons. The summed E-state index contributed by atoms with van der Waals surface area (Å²) >= 11 is 0. The highest BCUT2D eigenvalue weighted by atomic mass is 19.4. The smallest absolute Gasteiger partial charge is 0.370 e. The Morgan fingerprint density at radius 1 is 1.24 bits per heavy atom. The van der Waals surface area contributed by atoms with E-state index >= 15 is 0 Å². The molecule has 0 saturated heterocycles. The summed E-state index contributed by atoms with van der Waals surface area (Å²) < 4.78 is 38.9. The standard InChI is InChI=1S/C15H22F3N3/c1-3-6-19-13-8-11(15(16,17)18)9-14(21-13)20-12-5-4-10(2)7-12/h8-10,12H,3-7H2,1-2H3,(H2,19,20,21). The number of nitrogens with one attached hydrogen (secondary N) is 2. The van der Waals surface area contributed by atoms with Gasteiger partial charge in [0.1, 0.15) is 11.6 Å². The highest BCUT2D eigenvalue weighted by Gasteiger charge is 2.32. The van der Waals surface area contributed by atoms with Gasteiger partial charge in [0.05, 0.1) is 5.56 Å². The van der Waals surface area contributed by atoms with Crippen LogP contribution in [0.4, 0.5) is 24.8 Å². The molecule has 2 unspecified atom stereocenters. The molecule has 6 heteroatoms. The topological polar surface area (TPSA) is 37.0 Å². The molecule has 0 aromatic carbocycles. The largest absolute Gasteiger partial charge is 0.416 e. The summed E-state index contributed by atoms with van der Waals surface area (Å²) in [7, 11) is 0. The van der Waals surface area contributed by atoms with E-state index < -0.39 is 11.7 Å². The van der Waals surface area contributed by atoms with Gasteiger partial charge in [0.25, 0.3) is 0 Å². The number of halogens is 3. The van der Waals surface area contributed by atoms with E-state index in [1.807, 2.05) is 6.92 Å². The van der Waals surface area contributed by atoms with Crippen LogP contribution in [0.2, 0.25) is 0 Å². The molecule has 1 saturated carbocycles. The second kappa shape index (κ2) is 6.54. The third-order valence-electron chi connectivity index (χ3n) is 3.76. The van der Waals surface area contributed by atoms with Crippen molar-refractivity contribution in [2.45, 2.75) is 51.7 Å². The van der Waals surface area contributed by atoms with Crippen molar-refractivity contribution in [3.8, 4) is 0 Å². The first-order valence-corrected chi connectivity index (χ1v) is 7.48. The highest BCUT2D eigenvalue weighted by Crippen LogP contribution is 2.33. The molecule has 3 nitrogen and oxygen atoms in total. The van der Waals surface area contributed by atoms with Gasteiger partial charge in [-0.25, -0.2) is 4.98 Å². The average molecular weight is 301 g/mol. The number of aromatic nitrogens is 1. The zero-order valence-electron chi connectivity index (χ0n) is 12.4. The number of nitrogens with zero attached hydrogens (tertiary/aromatic N) is 1. The summed E-state index contributed by atoms with van der Waals surface area (Å²) in [5.41, 5.74) is -0.662. The summed E-state index contributed by atoms with van der Waals surface area (Å²) in [4.78, 5) is 4.25.